The van der Waals surface area contributed by atoms with Crippen molar-refractivity contribution in [3.8, 4) is 5.75 Å². The van der Waals surface area contributed by atoms with Crippen LogP contribution in [0.5, 0.6) is 5.75 Å². The van der Waals surface area contributed by atoms with Crippen LogP contribution in [-0.4, -0.2) is 78.6 Å². The zero-order valence-electron chi connectivity index (χ0n) is 17.3. The molecule has 0 aromatic heterocycles. The van der Waals surface area contributed by atoms with Crippen LogP contribution in [0.15, 0.2) is 24.3 Å². The molecule has 2 amide bonds. The van der Waals surface area contributed by atoms with Crippen molar-refractivity contribution in [3.63, 3.8) is 0 Å². The van der Waals surface area contributed by atoms with Gasteiger partial charge in [-0.25, -0.2) is 0 Å². The SMILES string of the molecule is COc1ccccc1C1SCC(=O)N1C(CC(C)C)C(=O)N1CCN(C)CC1. The maximum atomic E-state index is 13.5. The fraction of sp³-hybridized carbons (Fsp3) is 0.619. The lowest BCUT2D eigenvalue weighted by atomic mass is 9.99. The van der Waals surface area contributed by atoms with Crippen LogP contribution in [-0.2, 0) is 9.59 Å². The fourth-order valence-corrected chi connectivity index (χ4v) is 5.15. The molecule has 2 saturated heterocycles. The number of para-hydroxylation sites is 1. The lowest BCUT2D eigenvalue weighted by Gasteiger charge is -2.39. The van der Waals surface area contributed by atoms with Crippen LogP contribution in [0.2, 0.25) is 0 Å². The molecule has 7 heteroatoms. The van der Waals surface area contributed by atoms with Gasteiger partial charge in [0.25, 0.3) is 0 Å². The van der Waals surface area contributed by atoms with E-state index in [2.05, 4.69) is 25.8 Å². The molecule has 2 heterocycles. The number of hydrogen-bond acceptors (Lipinski definition) is 5. The van der Waals surface area contributed by atoms with Crippen LogP contribution in [0, 0.1) is 5.92 Å². The Morgan fingerprint density at radius 3 is 2.54 bits per heavy atom. The van der Waals surface area contributed by atoms with Crippen molar-refractivity contribution in [3.05, 3.63) is 29.8 Å². The highest BCUT2D eigenvalue weighted by Crippen LogP contribution is 2.44. The van der Waals surface area contributed by atoms with E-state index in [-0.39, 0.29) is 17.2 Å². The maximum Gasteiger partial charge on any atom is 0.245 e. The molecular formula is C21H31N3O3S. The molecule has 0 aliphatic carbocycles. The maximum absolute atomic E-state index is 13.5. The van der Waals surface area contributed by atoms with Gasteiger partial charge in [0.2, 0.25) is 11.8 Å². The highest BCUT2D eigenvalue weighted by molar-refractivity contribution is 8.00. The van der Waals surface area contributed by atoms with Gasteiger partial charge < -0.3 is 19.4 Å². The van der Waals surface area contributed by atoms with E-state index in [9.17, 15) is 9.59 Å². The summed E-state index contributed by atoms with van der Waals surface area (Å²) in [5, 5.41) is -0.191. The average molecular weight is 406 g/mol. The van der Waals surface area contributed by atoms with E-state index in [1.165, 1.54) is 0 Å². The van der Waals surface area contributed by atoms with Gasteiger partial charge in [-0.2, -0.15) is 0 Å². The summed E-state index contributed by atoms with van der Waals surface area (Å²) < 4.78 is 5.54. The summed E-state index contributed by atoms with van der Waals surface area (Å²) in [7, 11) is 3.72. The molecule has 28 heavy (non-hydrogen) atoms. The number of piperazine rings is 1. The van der Waals surface area contributed by atoms with Gasteiger partial charge in [-0.3, -0.25) is 9.59 Å². The van der Waals surface area contributed by atoms with Gasteiger partial charge >= 0.3 is 0 Å². The predicted molar refractivity (Wildman–Crippen MR) is 112 cm³/mol. The van der Waals surface area contributed by atoms with Gasteiger partial charge in [-0.15, -0.1) is 11.8 Å². The third kappa shape index (κ3) is 4.46. The van der Waals surface area contributed by atoms with Crippen molar-refractivity contribution < 1.29 is 14.3 Å². The Morgan fingerprint density at radius 2 is 1.89 bits per heavy atom. The second-order valence-corrected chi connectivity index (χ2v) is 9.05. The highest BCUT2D eigenvalue weighted by Gasteiger charge is 2.43. The number of carbonyl (C=O) groups excluding carboxylic acids is 2. The van der Waals surface area contributed by atoms with Crippen LogP contribution in [0.3, 0.4) is 0 Å². The summed E-state index contributed by atoms with van der Waals surface area (Å²) in [5.74, 6) is 1.59. The largest absolute Gasteiger partial charge is 0.496 e. The molecule has 6 nitrogen and oxygen atoms in total. The number of thioether (sulfide) groups is 1. The molecular weight excluding hydrogens is 374 g/mol. The van der Waals surface area contributed by atoms with E-state index in [0.29, 0.717) is 18.1 Å². The third-order valence-electron chi connectivity index (χ3n) is 5.44. The Kier molecular flexibility index (Phi) is 6.88. The lowest BCUT2D eigenvalue weighted by molar-refractivity contribution is -0.146. The summed E-state index contributed by atoms with van der Waals surface area (Å²) in [6.07, 6.45) is 0.670. The minimum absolute atomic E-state index is 0.0361. The molecule has 0 saturated carbocycles. The van der Waals surface area contributed by atoms with Crippen molar-refractivity contribution in [2.45, 2.75) is 31.7 Å². The standard InChI is InChI=1S/C21H31N3O3S/c1-15(2)13-17(20(26)23-11-9-22(3)10-12-23)24-19(25)14-28-21(24)16-7-5-6-8-18(16)27-4/h5-8,15,17,21H,9-14H2,1-4H3. The number of nitrogens with zero attached hydrogens (tertiary/aromatic N) is 3. The quantitative estimate of drug-likeness (QED) is 0.728. The van der Waals surface area contributed by atoms with Crippen LogP contribution in [0.25, 0.3) is 0 Å². The van der Waals surface area contributed by atoms with Crippen LogP contribution in [0.4, 0.5) is 0 Å². The minimum Gasteiger partial charge on any atom is -0.496 e. The van der Waals surface area contributed by atoms with Gasteiger partial charge in [0, 0.05) is 31.7 Å². The average Bonchev–Trinajstić information content (AvgIpc) is 3.07. The normalized spacial score (nSPS) is 22.0. The van der Waals surface area contributed by atoms with Crippen molar-refractivity contribution in [2.75, 3.05) is 46.1 Å². The zero-order chi connectivity index (χ0) is 20.3. The number of carbonyl (C=O) groups is 2. The molecule has 1 aromatic carbocycles. The van der Waals surface area contributed by atoms with E-state index in [0.717, 1.165) is 37.5 Å². The Labute approximate surface area is 172 Å². The Morgan fingerprint density at radius 1 is 1.21 bits per heavy atom. The number of hydrogen-bond donors (Lipinski definition) is 0. The van der Waals surface area contributed by atoms with E-state index < -0.39 is 6.04 Å². The molecule has 2 aliphatic heterocycles. The van der Waals surface area contributed by atoms with Crippen LogP contribution < -0.4 is 4.74 Å². The van der Waals surface area contributed by atoms with E-state index in [4.69, 9.17) is 4.74 Å². The second kappa shape index (κ2) is 9.18. The van der Waals surface area contributed by atoms with Crippen molar-refractivity contribution in [1.82, 2.24) is 14.7 Å². The first kappa shape index (κ1) is 21.0. The van der Waals surface area contributed by atoms with Gasteiger partial charge in [0.15, 0.2) is 0 Å². The number of ether oxygens (including phenoxy) is 1. The van der Waals surface area contributed by atoms with Gasteiger partial charge in [-0.05, 0) is 25.5 Å². The molecule has 0 N–H and O–H groups in total. The fourth-order valence-electron chi connectivity index (χ4n) is 3.90. The topological polar surface area (TPSA) is 53.1 Å². The highest BCUT2D eigenvalue weighted by atomic mass is 32.2. The number of rotatable bonds is 6. The Bertz CT molecular complexity index is 704. The summed E-state index contributed by atoms with van der Waals surface area (Å²) in [6.45, 7) is 7.40. The number of benzene rings is 1. The summed E-state index contributed by atoms with van der Waals surface area (Å²) >= 11 is 1.58. The Balaban J connectivity index is 1.90. The molecule has 1 aromatic rings. The first-order valence-corrected chi connectivity index (χ1v) is 11.0. The molecule has 2 fully saturated rings. The third-order valence-corrected chi connectivity index (χ3v) is 6.65. The van der Waals surface area contributed by atoms with Crippen molar-refractivity contribution >= 4 is 23.6 Å². The first-order valence-electron chi connectivity index (χ1n) is 9.95. The smallest absolute Gasteiger partial charge is 0.245 e. The predicted octanol–water partition coefficient (Wildman–Crippen LogP) is 2.46. The monoisotopic (exact) mass is 405 g/mol. The van der Waals surface area contributed by atoms with Crippen LogP contribution >= 0.6 is 11.8 Å². The molecule has 0 spiro atoms. The lowest BCUT2D eigenvalue weighted by Crippen LogP contribution is -2.55. The molecule has 2 aliphatic rings. The van der Waals surface area contributed by atoms with E-state index in [1.807, 2.05) is 34.1 Å². The van der Waals surface area contributed by atoms with Gasteiger partial charge in [0.1, 0.15) is 17.2 Å². The van der Waals surface area contributed by atoms with Gasteiger partial charge in [-0.1, -0.05) is 32.0 Å². The van der Waals surface area contributed by atoms with E-state index >= 15 is 0 Å². The number of amides is 2. The molecule has 0 radical (unpaired) electrons. The van der Waals surface area contributed by atoms with Crippen molar-refractivity contribution in [1.29, 1.82) is 0 Å². The van der Waals surface area contributed by atoms with Crippen LogP contribution in [0.1, 0.15) is 31.2 Å². The molecule has 2 atom stereocenters. The molecule has 2 unspecified atom stereocenters. The van der Waals surface area contributed by atoms with E-state index in [1.54, 1.807) is 18.9 Å². The molecule has 154 valence electrons. The van der Waals surface area contributed by atoms with Gasteiger partial charge in [0.05, 0.1) is 12.9 Å². The number of likely N-dealkylation sites (N-methyl/N-ethyl adjacent to an activating group) is 1. The molecule has 3 rings (SSSR count). The zero-order valence-corrected chi connectivity index (χ0v) is 18.1. The number of methoxy groups -OCH3 is 1. The second-order valence-electron chi connectivity index (χ2n) is 7.98. The minimum atomic E-state index is -0.430. The summed E-state index contributed by atoms with van der Waals surface area (Å²) in [5.41, 5.74) is 0.959. The molecule has 0 bridgehead atoms. The summed E-state index contributed by atoms with van der Waals surface area (Å²) in [4.78, 5) is 32.4. The summed E-state index contributed by atoms with van der Waals surface area (Å²) in [6, 6.07) is 7.36. The first-order chi connectivity index (χ1) is 13.4. The Hall–Kier alpha value is -1.73. The van der Waals surface area contributed by atoms with Crippen molar-refractivity contribution in [2.24, 2.45) is 5.92 Å².